The van der Waals surface area contributed by atoms with Gasteiger partial charge in [-0.15, -0.1) is 0 Å². The largest absolute Gasteiger partial charge is 0.442 e. The molecule has 2 amide bonds. The Kier molecular flexibility index (Phi) is 13.5. The lowest BCUT2D eigenvalue weighted by Crippen LogP contribution is -2.46. The fourth-order valence-electron chi connectivity index (χ4n) is 4.49. The van der Waals surface area contributed by atoms with Crippen LogP contribution in [0.3, 0.4) is 0 Å². The molecule has 9 nitrogen and oxygen atoms in total. The molecule has 216 valence electrons. The highest BCUT2D eigenvalue weighted by Gasteiger charge is 2.33. The zero-order valence-electron chi connectivity index (χ0n) is 24.0. The molecule has 2 fully saturated rings. The molecule has 0 unspecified atom stereocenters. The van der Waals surface area contributed by atoms with Gasteiger partial charge < -0.3 is 34.3 Å². The van der Waals surface area contributed by atoms with Crippen molar-refractivity contribution in [2.75, 3.05) is 33.4 Å². The van der Waals surface area contributed by atoms with Crippen LogP contribution in [0.4, 0.5) is 4.79 Å². The number of amides is 2. The number of hydrogen-bond donors (Lipinski definition) is 2. The summed E-state index contributed by atoms with van der Waals surface area (Å²) in [6.07, 6.45) is 12.0. The number of carbonyl (C=O) groups is 2. The molecule has 38 heavy (non-hydrogen) atoms. The smallest absolute Gasteiger partial charge is 0.410 e. The number of ether oxygens (including phenoxy) is 4. The number of rotatable bonds is 12. The molecule has 2 heterocycles. The van der Waals surface area contributed by atoms with Crippen molar-refractivity contribution in [2.24, 2.45) is 5.92 Å². The Balaban J connectivity index is 1.69. The summed E-state index contributed by atoms with van der Waals surface area (Å²) in [5.74, 6) is -0.0331. The summed E-state index contributed by atoms with van der Waals surface area (Å²) in [5.41, 5.74) is 0.844. The van der Waals surface area contributed by atoms with Crippen LogP contribution in [0.5, 0.6) is 0 Å². The first-order valence-corrected chi connectivity index (χ1v) is 13.8. The second kappa shape index (κ2) is 16.0. The van der Waals surface area contributed by atoms with E-state index >= 15 is 0 Å². The van der Waals surface area contributed by atoms with Crippen molar-refractivity contribution in [2.45, 2.75) is 96.9 Å². The summed E-state index contributed by atoms with van der Waals surface area (Å²) in [6.45, 7) is 11.5. The van der Waals surface area contributed by atoms with Crippen molar-refractivity contribution >= 4 is 12.0 Å². The third-order valence-corrected chi connectivity index (χ3v) is 6.56. The molecule has 0 saturated carbocycles. The molecule has 2 N–H and O–H groups in total. The summed E-state index contributed by atoms with van der Waals surface area (Å²) in [6, 6.07) is -0.252. The quantitative estimate of drug-likeness (QED) is 0.285. The minimum atomic E-state index is -0.517. The van der Waals surface area contributed by atoms with Crippen LogP contribution in [-0.4, -0.2) is 85.6 Å². The number of nitrogens with zero attached hydrogens (tertiary/aromatic N) is 1. The predicted molar refractivity (Wildman–Crippen MR) is 147 cm³/mol. The predicted octanol–water partition coefficient (Wildman–Crippen LogP) is 4.12. The first-order chi connectivity index (χ1) is 18.0. The molecule has 9 heteroatoms. The molecule has 0 bridgehead atoms. The van der Waals surface area contributed by atoms with Crippen LogP contribution in [0.2, 0.25) is 0 Å². The number of unbranched alkanes of at least 4 members (excludes halogenated alkanes) is 1. The van der Waals surface area contributed by atoms with Gasteiger partial charge in [-0.05, 0) is 59.0 Å². The van der Waals surface area contributed by atoms with E-state index in [0.717, 1.165) is 31.3 Å². The Morgan fingerprint density at radius 3 is 2.61 bits per heavy atom. The van der Waals surface area contributed by atoms with E-state index in [0.29, 0.717) is 26.2 Å². The first kappa shape index (κ1) is 32.0. The molecule has 3 atom stereocenters. The van der Waals surface area contributed by atoms with Crippen molar-refractivity contribution in [3.05, 3.63) is 36.0 Å². The van der Waals surface area contributed by atoms with Gasteiger partial charge in [0.05, 0.1) is 31.0 Å². The van der Waals surface area contributed by atoms with Gasteiger partial charge in [0.15, 0.2) is 6.29 Å². The van der Waals surface area contributed by atoms with Gasteiger partial charge in [0.25, 0.3) is 0 Å². The summed E-state index contributed by atoms with van der Waals surface area (Å²) in [5, 5.41) is 12.4. The Labute approximate surface area is 228 Å². The maximum Gasteiger partial charge on any atom is 0.410 e. The summed E-state index contributed by atoms with van der Waals surface area (Å²) < 4.78 is 23.0. The summed E-state index contributed by atoms with van der Waals surface area (Å²) in [7, 11) is 1.70. The standard InChI is InChI=1S/C29H48N2O7/c1-7-8-15-31(6)28(34)37-22(3)11-13-26(33)30-24-19-35-27(36-20-24)14-10-21(2)9-12-25-16-23(18-32)17-29(4,5)38-25/h9-13,22-25,27,32H,7-8,14-20H2,1-6H3,(H,30,33)/b12-9+,13-11-,21-10+/t22-,23-,24?,25+,27?/m0/s1. The number of carbonyl (C=O) groups excluding carboxylic acids is 2. The zero-order valence-corrected chi connectivity index (χ0v) is 24.0. The Bertz CT molecular complexity index is 831. The van der Waals surface area contributed by atoms with Crippen LogP contribution in [0.15, 0.2) is 36.0 Å². The van der Waals surface area contributed by atoms with Crippen molar-refractivity contribution in [3.8, 4) is 0 Å². The van der Waals surface area contributed by atoms with Crippen LogP contribution in [0, 0.1) is 5.92 Å². The number of hydrogen-bond acceptors (Lipinski definition) is 7. The second-order valence-electron chi connectivity index (χ2n) is 11.0. The van der Waals surface area contributed by atoms with E-state index < -0.39 is 12.2 Å². The van der Waals surface area contributed by atoms with Crippen molar-refractivity contribution in [1.82, 2.24) is 10.2 Å². The van der Waals surface area contributed by atoms with Crippen molar-refractivity contribution < 1.29 is 33.6 Å². The van der Waals surface area contributed by atoms with Crippen LogP contribution >= 0.6 is 0 Å². The molecule has 2 rings (SSSR count). The highest BCUT2D eigenvalue weighted by atomic mass is 16.7. The summed E-state index contributed by atoms with van der Waals surface area (Å²) in [4.78, 5) is 25.8. The lowest BCUT2D eigenvalue weighted by molar-refractivity contribution is -0.187. The highest BCUT2D eigenvalue weighted by Crippen LogP contribution is 2.32. The number of allylic oxidation sites excluding steroid dienone is 2. The number of aliphatic hydroxyl groups is 1. The van der Waals surface area contributed by atoms with E-state index in [2.05, 4.69) is 38.2 Å². The Morgan fingerprint density at radius 2 is 1.95 bits per heavy atom. The molecule has 0 aromatic rings. The number of aliphatic hydroxyl groups excluding tert-OH is 1. The molecule has 0 aliphatic carbocycles. The highest BCUT2D eigenvalue weighted by molar-refractivity contribution is 5.87. The topological polar surface area (TPSA) is 107 Å². The van der Waals surface area contributed by atoms with Crippen molar-refractivity contribution in [1.29, 1.82) is 0 Å². The average molecular weight is 537 g/mol. The van der Waals surface area contributed by atoms with E-state index in [1.165, 1.54) is 11.0 Å². The van der Waals surface area contributed by atoms with E-state index in [1.54, 1.807) is 20.0 Å². The fraction of sp³-hybridized carbons (Fsp3) is 0.724. The molecule has 0 aromatic heterocycles. The molecule has 0 spiro atoms. The molecular formula is C29H48N2O7. The minimum absolute atomic E-state index is 0.0120. The van der Waals surface area contributed by atoms with Gasteiger partial charge in [0, 0.05) is 32.7 Å². The van der Waals surface area contributed by atoms with Crippen LogP contribution in [0.25, 0.3) is 0 Å². The van der Waals surface area contributed by atoms with Gasteiger partial charge in [0.2, 0.25) is 5.91 Å². The van der Waals surface area contributed by atoms with Crippen LogP contribution in [0.1, 0.15) is 66.7 Å². The lowest BCUT2D eigenvalue weighted by atomic mass is 9.86. The van der Waals surface area contributed by atoms with Gasteiger partial charge in [-0.1, -0.05) is 37.1 Å². The van der Waals surface area contributed by atoms with Crippen LogP contribution in [-0.2, 0) is 23.7 Å². The minimum Gasteiger partial charge on any atom is -0.442 e. The van der Waals surface area contributed by atoms with Gasteiger partial charge in [-0.2, -0.15) is 0 Å². The van der Waals surface area contributed by atoms with Gasteiger partial charge in [-0.3, -0.25) is 4.79 Å². The molecule has 2 aliphatic heterocycles. The van der Waals surface area contributed by atoms with Gasteiger partial charge >= 0.3 is 6.09 Å². The van der Waals surface area contributed by atoms with Crippen molar-refractivity contribution in [3.63, 3.8) is 0 Å². The Morgan fingerprint density at radius 1 is 1.24 bits per heavy atom. The normalized spacial score (nSPS) is 26.9. The SMILES string of the molecule is CCCCN(C)C(=O)O[C@@H](C)/C=C\C(=O)NC1COC(C/C=C(C)/C=C/[C@@H]2C[C@H](CO)CC(C)(C)O2)OC1. The van der Waals surface area contributed by atoms with E-state index in [4.69, 9.17) is 18.9 Å². The maximum absolute atomic E-state index is 12.3. The Hall–Kier alpha value is -2.20. The van der Waals surface area contributed by atoms with E-state index in [-0.39, 0.29) is 42.5 Å². The van der Waals surface area contributed by atoms with E-state index in [9.17, 15) is 14.7 Å². The maximum atomic E-state index is 12.3. The zero-order chi connectivity index (χ0) is 28.1. The van der Waals surface area contributed by atoms with Gasteiger partial charge in [0.1, 0.15) is 6.10 Å². The lowest BCUT2D eigenvalue weighted by Gasteiger charge is -2.39. The number of nitrogens with one attached hydrogen (secondary N) is 1. The van der Waals surface area contributed by atoms with Crippen LogP contribution < -0.4 is 5.32 Å². The van der Waals surface area contributed by atoms with E-state index in [1.807, 2.05) is 13.0 Å². The monoisotopic (exact) mass is 536 g/mol. The molecule has 2 aliphatic rings. The average Bonchev–Trinajstić information content (AvgIpc) is 2.88. The van der Waals surface area contributed by atoms with Gasteiger partial charge in [-0.25, -0.2) is 4.79 Å². The molecular weight excluding hydrogens is 488 g/mol. The fourth-order valence-corrected chi connectivity index (χ4v) is 4.49. The molecule has 0 radical (unpaired) electrons. The second-order valence-corrected chi connectivity index (χ2v) is 11.0. The molecule has 0 aromatic carbocycles. The third kappa shape index (κ3) is 12.1. The summed E-state index contributed by atoms with van der Waals surface area (Å²) >= 11 is 0. The first-order valence-electron chi connectivity index (χ1n) is 13.8. The third-order valence-electron chi connectivity index (χ3n) is 6.56. The molecule has 2 saturated heterocycles.